The predicted molar refractivity (Wildman–Crippen MR) is 49.7 cm³/mol. The van der Waals surface area contributed by atoms with E-state index in [1.54, 1.807) is 12.1 Å². The van der Waals surface area contributed by atoms with Gasteiger partial charge in [0.15, 0.2) is 0 Å². The van der Waals surface area contributed by atoms with E-state index >= 15 is 0 Å². The lowest BCUT2D eigenvalue weighted by Gasteiger charge is -2.32. The average molecular weight is 180 g/mol. The van der Waals surface area contributed by atoms with Gasteiger partial charge in [-0.05, 0) is 17.7 Å². The third-order valence-electron chi connectivity index (χ3n) is 2.58. The van der Waals surface area contributed by atoms with Gasteiger partial charge in [-0.2, -0.15) is 0 Å². The predicted octanol–water partition coefficient (Wildman–Crippen LogP) is 1.04. The summed E-state index contributed by atoms with van der Waals surface area (Å²) in [6.07, 6.45) is 0. The first-order valence-electron chi connectivity index (χ1n) is 4.49. The Kier molecular flexibility index (Phi) is 2.29. The largest absolute Gasteiger partial charge is 0.324 e. The van der Waals surface area contributed by atoms with Crippen LogP contribution in [-0.4, -0.2) is 13.1 Å². The van der Waals surface area contributed by atoms with E-state index in [9.17, 15) is 4.39 Å². The van der Waals surface area contributed by atoms with Crippen molar-refractivity contribution in [3.05, 3.63) is 35.6 Å². The summed E-state index contributed by atoms with van der Waals surface area (Å²) in [4.78, 5) is 0. The first kappa shape index (κ1) is 8.66. The highest BCUT2D eigenvalue weighted by Gasteiger charge is 2.24. The maximum Gasteiger partial charge on any atom is 0.123 e. The van der Waals surface area contributed by atoms with E-state index in [4.69, 9.17) is 5.73 Å². The monoisotopic (exact) mass is 180 g/mol. The molecule has 3 N–H and O–H groups in total. The van der Waals surface area contributed by atoms with Crippen molar-refractivity contribution in [1.29, 1.82) is 0 Å². The molecule has 2 rings (SSSR count). The van der Waals surface area contributed by atoms with Crippen LogP contribution in [0.25, 0.3) is 0 Å². The Hall–Kier alpha value is -0.930. The summed E-state index contributed by atoms with van der Waals surface area (Å²) >= 11 is 0. The zero-order valence-corrected chi connectivity index (χ0v) is 7.33. The molecule has 0 spiro atoms. The molecule has 1 fully saturated rings. The van der Waals surface area contributed by atoms with Crippen molar-refractivity contribution in [1.82, 2.24) is 5.32 Å². The van der Waals surface area contributed by atoms with Gasteiger partial charge in [-0.3, -0.25) is 0 Å². The normalized spacial score (nSPS) is 19.5. The molecule has 1 saturated heterocycles. The summed E-state index contributed by atoms with van der Waals surface area (Å²) in [5.74, 6) is 0.299. The third-order valence-corrected chi connectivity index (χ3v) is 2.58. The van der Waals surface area contributed by atoms with Crippen LogP contribution in [0.1, 0.15) is 11.6 Å². The molecule has 1 aliphatic heterocycles. The summed E-state index contributed by atoms with van der Waals surface area (Å²) in [5.41, 5.74) is 7.01. The standard InChI is InChI=1S/C10H13FN2/c11-9-3-1-7(2-4-9)10(12)8-5-13-6-8/h1-4,8,10,13H,5-6,12H2. The highest BCUT2D eigenvalue weighted by molar-refractivity contribution is 5.21. The zero-order chi connectivity index (χ0) is 9.26. The van der Waals surface area contributed by atoms with E-state index < -0.39 is 0 Å². The second-order valence-corrected chi connectivity index (χ2v) is 3.50. The summed E-state index contributed by atoms with van der Waals surface area (Å²) in [5, 5.41) is 3.17. The third kappa shape index (κ3) is 1.71. The van der Waals surface area contributed by atoms with Gasteiger partial charge in [0.05, 0.1) is 0 Å². The van der Waals surface area contributed by atoms with Crippen LogP contribution in [0.3, 0.4) is 0 Å². The molecule has 0 aromatic heterocycles. The summed E-state index contributed by atoms with van der Waals surface area (Å²) < 4.78 is 12.6. The minimum Gasteiger partial charge on any atom is -0.324 e. The van der Waals surface area contributed by atoms with Gasteiger partial charge in [-0.15, -0.1) is 0 Å². The highest BCUT2D eigenvalue weighted by atomic mass is 19.1. The Morgan fingerprint density at radius 3 is 2.38 bits per heavy atom. The Morgan fingerprint density at radius 1 is 1.31 bits per heavy atom. The van der Waals surface area contributed by atoms with Crippen LogP contribution in [0.5, 0.6) is 0 Å². The number of hydrogen-bond acceptors (Lipinski definition) is 2. The molecule has 70 valence electrons. The number of benzene rings is 1. The van der Waals surface area contributed by atoms with Crippen molar-refractivity contribution in [2.24, 2.45) is 11.7 Å². The minimum atomic E-state index is -0.206. The van der Waals surface area contributed by atoms with E-state index in [2.05, 4.69) is 5.32 Å². The maximum atomic E-state index is 12.6. The van der Waals surface area contributed by atoms with Crippen molar-refractivity contribution >= 4 is 0 Å². The fourth-order valence-electron chi connectivity index (χ4n) is 1.52. The van der Waals surface area contributed by atoms with Gasteiger partial charge in [-0.25, -0.2) is 4.39 Å². The van der Waals surface area contributed by atoms with Gasteiger partial charge < -0.3 is 11.1 Å². The topological polar surface area (TPSA) is 38.0 Å². The molecule has 2 nitrogen and oxygen atoms in total. The van der Waals surface area contributed by atoms with E-state index in [0.717, 1.165) is 18.7 Å². The van der Waals surface area contributed by atoms with Crippen molar-refractivity contribution < 1.29 is 4.39 Å². The fourth-order valence-corrected chi connectivity index (χ4v) is 1.52. The van der Waals surface area contributed by atoms with E-state index in [1.807, 2.05) is 0 Å². The molecule has 1 aromatic rings. The molecule has 1 unspecified atom stereocenters. The van der Waals surface area contributed by atoms with Gasteiger partial charge in [0.1, 0.15) is 5.82 Å². The lowest BCUT2D eigenvalue weighted by Crippen LogP contribution is -2.47. The van der Waals surface area contributed by atoms with Crippen molar-refractivity contribution in [2.75, 3.05) is 13.1 Å². The molecule has 13 heavy (non-hydrogen) atoms. The summed E-state index contributed by atoms with van der Waals surface area (Å²) in [6.45, 7) is 1.94. The van der Waals surface area contributed by atoms with Gasteiger partial charge in [0.25, 0.3) is 0 Å². The number of hydrogen-bond donors (Lipinski definition) is 2. The first-order valence-corrected chi connectivity index (χ1v) is 4.49. The first-order chi connectivity index (χ1) is 6.27. The van der Waals surface area contributed by atoms with Crippen LogP contribution in [0.4, 0.5) is 4.39 Å². The van der Waals surface area contributed by atoms with Crippen LogP contribution >= 0.6 is 0 Å². The molecular weight excluding hydrogens is 167 g/mol. The van der Waals surface area contributed by atoms with E-state index in [1.165, 1.54) is 12.1 Å². The van der Waals surface area contributed by atoms with Crippen molar-refractivity contribution in [3.63, 3.8) is 0 Å². The lowest BCUT2D eigenvalue weighted by molar-refractivity contribution is 0.295. The van der Waals surface area contributed by atoms with Crippen molar-refractivity contribution in [2.45, 2.75) is 6.04 Å². The van der Waals surface area contributed by atoms with Crippen molar-refractivity contribution in [3.8, 4) is 0 Å². The van der Waals surface area contributed by atoms with Crippen LogP contribution in [-0.2, 0) is 0 Å². The van der Waals surface area contributed by atoms with E-state index in [0.29, 0.717) is 5.92 Å². The second-order valence-electron chi connectivity index (χ2n) is 3.50. The second kappa shape index (κ2) is 3.44. The molecule has 0 bridgehead atoms. The molecule has 1 aromatic carbocycles. The number of nitrogens with two attached hydrogens (primary N) is 1. The van der Waals surface area contributed by atoms with Gasteiger partial charge in [-0.1, -0.05) is 12.1 Å². The SMILES string of the molecule is NC(c1ccc(F)cc1)C1CNC1. The highest BCUT2D eigenvalue weighted by Crippen LogP contribution is 2.22. The summed E-state index contributed by atoms with van der Waals surface area (Å²) in [6, 6.07) is 6.49. The number of halogens is 1. The van der Waals surface area contributed by atoms with Gasteiger partial charge in [0, 0.05) is 25.0 Å². The summed E-state index contributed by atoms with van der Waals surface area (Å²) in [7, 11) is 0. The Bertz CT molecular complexity index is 279. The Labute approximate surface area is 76.9 Å². The molecule has 1 heterocycles. The molecule has 1 aliphatic rings. The molecule has 3 heteroatoms. The van der Waals surface area contributed by atoms with Crippen LogP contribution in [0.15, 0.2) is 24.3 Å². The van der Waals surface area contributed by atoms with Crippen LogP contribution in [0, 0.1) is 11.7 Å². The fraction of sp³-hybridized carbons (Fsp3) is 0.400. The Morgan fingerprint density at radius 2 is 1.92 bits per heavy atom. The Balaban J connectivity index is 2.10. The van der Waals surface area contributed by atoms with Gasteiger partial charge >= 0.3 is 0 Å². The van der Waals surface area contributed by atoms with E-state index in [-0.39, 0.29) is 11.9 Å². The number of rotatable bonds is 2. The number of nitrogens with one attached hydrogen (secondary N) is 1. The molecule has 0 aliphatic carbocycles. The lowest BCUT2D eigenvalue weighted by atomic mass is 9.89. The molecule has 1 atom stereocenters. The molecule has 0 radical (unpaired) electrons. The zero-order valence-electron chi connectivity index (χ0n) is 7.33. The van der Waals surface area contributed by atoms with Gasteiger partial charge in [0.2, 0.25) is 0 Å². The van der Waals surface area contributed by atoms with Crippen LogP contribution in [0.2, 0.25) is 0 Å². The quantitative estimate of drug-likeness (QED) is 0.713. The van der Waals surface area contributed by atoms with Crippen LogP contribution < -0.4 is 11.1 Å². The minimum absolute atomic E-state index is 0.0434. The maximum absolute atomic E-state index is 12.6. The average Bonchev–Trinajstić information content (AvgIpc) is 2.02. The molecular formula is C10H13FN2. The molecule has 0 amide bonds. The molecule has 0 saturated carbocycles. The smallest absolute Gasteiger partial charge is 0.123 e.